The van der Waals surface area contributed by atoms with Gasteiger partial charge in [-0.05, 0) is 37.1 Å². The van der Waals surface area contributed by atoms with Gasteiger partial charge >= 0.3 is 0 Å². The second-order valence-electron chi connectivity index (χ2n) is 6.57. The number of ether oxygens (including phenoxy) is 1. The van der Waals surface area contributed by atoms with Crippen molar-refractivity contribution in [1.82, 2.24) is 4.98 Å². The van der Waals surface area contributed by atoms with Crippen LogP contribution in [-0.2, 0) is 4.79 Å². The number of nitrogens with zero attached hydrogens (tertiary/aromatic N) is 3. The summed E-state index contributed by atoms with van der Waals surface area (Å²) in [5, 5.41) is 23.1. The lowest BCUT2D eigenvalue weighted by atomic mass is 10.1. The average molecular weight is 442 g/mol. The van der Waals surface area contributed by atoms with Gasteiger partial charge < -0.3 is 4.74 Å². The molecular weight excluding hydrogens is 426 g/mol. The van der Waals surface area contributed by atoms with Crippen LogP contribution >= 0.6 is 22.9 Å². The van der Waals surface area contributed by atoms with E-state index in [1.54, 1.807) is 29.6 Å². The van der Waals surface area contributed by atoms with E-state index < -0.39 is 16.6 Å². The van der Waals surface area contributed by atoms with Gasteiger partial charge in [-0.2, -0.15) is 5.26 Å². The van der Waals surface area contributed by atoms with Crippen LogP contribution in [0.2, 0.25) is 5.02 Å². The number of aromatic nitrogens is 1. The summed E-state index contributed by atoms with van der Waals surface area (Å²) in [6.45, 7) is 3.39. The summed E-state index contributed by atoms with van der Waals surface area (Å²) in [4.78, 5) is 27.4. The lowest BCUT2D eigenvalue weighted by molar-refractivity contribution is -0.384. The maximum atomic E-state index is 12.6. The summed E-state index contributed by atoms with van der Waals surface area (Å²) < 4.78 is 5.56. The Morgan fingerprint density at radius 1 is 1.33 bits per heavy atom. The topological polar surface area (TPSA) is 106 Å². The number of carbonyl (C=O) groups is 1. The fraction of sp³-hybridized carbons (Fsp3) is 0.190. The van der Waals surface area contributed by atoms with Crippen molar-refractivity contribution in [2.24, 2.45) is 0 Å². The number of carbonyl (C=O) groups excluding carboxylic acids is 1. The molecule has 0 aliphatic carbocycles. The van der Waals surface area contributed by atoms with E-state index in [0.29, 0.717) is 27.0 Å². The number of Topliss-reactive ketones (excluding diaryl/α,β-unsaturated/α-hetero) is 1. The molecule has 9 heteroatoms. The van der Waals surface area contributed by atoms with Crippen LogP contribution in [-0.4, -0.2) is 22.3 Å². The maximum Gasteiger partial charge on any atom is 0.270 e. The van der Waals surface area contributed by atoms with E-state index in [0.717, 1.165) is 22.5 Å². The van der Waals surface area contributed by atoms with Gasteiger partial charge in [0.1, 0.15) is 17.4 Å². The Balaban J connectivity index is 1.75. The fourth-order valence-corrected chi connectivity index (χ4v) is 3.83. The van der Waals surface area contributed by atoms with Crippen LogP contribution < -0.4 is 4.74 Å². The minimum absolute atomic E-state index is 0.0584. The molecule has 0 spiro atoms. The highest BCUT2D eigenvalue weighted by molar-refractivity contribution is 7.10. The first-order chi connectivity index (χ1) is 14.3. The highest BCUT2D eigenvalue weighted by atomic mass is 35.5. The van der Waals surface area contributed by atoms with Crippen LogP contribution in [0.15, 0.2) is 41.8 Å². The zero-order chi connectivity index (χ0) is 21.8. The molecule has 3 aromatic rings. The van der Waals surface area contributed by atoms with Gasteiger partial charge in [-0.25, -0.2) is 4.98 Å². The quantitative estimate of drug-likeness (QED) is 0.366. The van der Waals surface area contributed by atoms with E-state index in [2.05, 4.69) is 4.98 Å². The molecule has 0 N–H and O–H groups in total. The van der Waals surface area contributed by atoms with E-state index in [9.17, 15) is 20.2 Å². The van der Waals surface area contributed by atoms with Gasteiger partial charge in [-0.3, -0.25) is 14.9 Å². The Bertz CT molecular complexity index is 1150. The predicted molar refractivity (Wildman–Crippen MR) is 114 cm³/mol. The normalized spacial score (nSPS) is 11.5. The van der Waals surface area contributed by atoms with Crippen LogP contribution in [0.1, 0.15) is 22.1 Å². The third kappa shape index (κ3) is 4.64. The zero-order valence-corrected chi connectivity index (χ0v) is 17.7. The van der Waals surface area contributed by atoms with Crippen molar-refractivity contribution < 1.29 is 14.5 Å². The average Bonchev–Trinajstić information content (AvgIpc) is 3.20. The Kier molecular flexibility index (Phi) is 6.45. The van der Waals surface area contributed by atoms with Crippen molar-refractivity contribution in [1.29, 1.82) is 5.26 Å². The lowest BCUT2D eigenvalue weighted by Crippen LogP contribution is -2.19. The van der Waals surface area contributed by atoms with Crippen LogP contribution in [0.5, 0.6) is 5.75 Å². The second kappa shape index (κ2) is 9.03. The number of halogens is 1. The van der Waals surface area contributed by atoms with Crippen molar-refractivity contribution in [3.8, 4) is 23.1 Å². The molecule has 1 unspecified atom stereocenters. The molecule has 1 heterocycles. The molecule has 3 rings (SSSR count). The van der Waals surface area contributed by atoms with Crippen molar-refractivity contribution in [3.05, 3.63) is 73.0 Å². The lowest BCUT2D eigenvalue weighted by Gasteiger charge is -2.10. The van der Waals surface area contributed by atoms with Crippen molar-refractivity contribution >= 4 is 34.4 Å². The maximum absolute atomic E-state index is 12.6. The third-order valence-corrected chi connectivity index (χ3v) is 5.87. The van der Waals surface area contributed by atoms with Crippen LogP contribution in [0.3, 0.4) is 0 Å². The Labute approximate surface area is 181 Å². The van der Waals surface area contributed by atoms with E-state index >= 15 is 0 Å². The predicted octanol–water partition coefficient (Wildman–Crippen LogP) is 5.24. The summed E-state index contributed by atoms with van der Waals surface area (Å²) >= 11 is 7.29. The number of hydrogen-bond acceptors (Lipinski definition) is 7. The monoisotopic (exact) mass is 441 g/mol. The summed E-state index contributed by atoms with van der Waals surface area (Å²) in [7, 11) is 0. The molecule has 0 amide bonds. The van der Waals surface area contributed by atoms with Crippen molar-refractivity contribution in [2.45, 2.75) is 19.8 Å². The first-order valence-electron chi connectivity index (χ1n) is 8.82. The fourth-order valence-electron chi connectivity index (χ4n) is 2.82. The summed E-state index contributed by atoms with van der Waals surface area (Å²) in [6.07, 6.45) is 0. The largest absolute Gasteiger partial charge is 0.486 e. The Morgan fingerprint density at radius 2 is 2.03 bits per heavy atom. The third-order valence-electron chi connectivity index (χ3n) is 4.36. The first kappa shape index (κ1) is 21.4. The van der Waals surface area contributed by atoms with Gasteiger partial charge in [-0.15, -0.1) is 11.3 Å². The molecule has 30 heavy (non-hydrogen) atoms. The summed E-state index contributed by atoms with van der Waals surface area (Å²) in [6, 6.07) is 11.5. The highest BCUT2D eigenvalue weighted by Crippen LogP contribution is 2.30. The van der Waals surface area contributed by atoms with E-state index in [-0.39, 0.29) is 12.3 Å². The Hall–Kier alpha value is -3.28. The number of nitro benzene ring substituents is 1. The standard InChI is InChI=1S/C21H16ClN3O4S/c1-12-6-16(7-13(2)20(12)22)29-10-19(26)17(9-23)21-24-18(11-30-21)14-4-3-5-15(8-14)25(27)28/h3-8,11,17H,10H2,1-2H3. The van der Waals surface area contributed by atoms with Gasteiger partial charge in [0.05, 0.1) is 16.7 Å². The Morgan fingerprint density at radius 3 is 2.67 bits per heavy atom. The summed E-state index contributed by atoms with van der Waals surface area (Å²) in [5.74, 6) is -1.02. The van der Waals surface area contributed by atoms with Crippen LogP contribution in [0, 0.1) is 35.3 Å². The smallest absolute Gasteiger partial charge is 0.270 e. The molecule has 0 radical (unpaired) electrons. The minimum atomic E-state index is -1.09. The number of thiazole rings is 1. The first-order valence-corrected chi connectivity index (χ1v) is 10.1. The molecule has 0 saturated heterocycles. The zero-order valence-electron chi connectivity index (χ0n) is 16.1. The van der Waals surface area contributed by atoms with E-state index in [1.807, 2.05) is 19.9 Å². The minimum Gasteiger partial charge on any atom is -0.486 e. The highest BCUT2D eigenvalue weighted by Gasteiger charge is 2.25. The van der Waals surface area contributed by atoms with Gasteiger partial charge in [0.2, 0.25) is 0 Å². The van der Waals surface area contributed by atoms with Gasteiger partial charge in [0.25, 0.3) is 5.69 Å². The molecule has 0 bridgehead atoms. The molecule has 0 aliphatic heterocycles. The molecule has 152 valence electrons. The molecule has 0 fully saturated rings. The molecule has 1 aromatic heterocycles. The number of nitriles is 1. The van der Waals surface area contributed by atoms with Gasteiger partial charge in [-0.1, -0.05) is 23.7 Å². The molecule has 0 aliphatic rings. The SMILES string of the molecule is Cc1cc(OCC(=O)C(C#N)c2nc(-c3cccc([N+](=O)[O-])c3)cs2)cc(C)c1Cl. The number of rotatable bonds is 7. The number of non-ortho nitro benzene ring substituents is 1. The molecule has 7 nitrogen and oxygen atoms in total. The van der Waals surface area contributed by atoms with Crippen molar-refractivity contribution in [2.75, 3.05) is 6.61 Å². The van der Waals surface area contributed by atoms with E-state index in [1.165, 1.54) is 12.1 Å². The molecule has 1 atom stereocenters. The molecule has 2 aromatic carbocycles. The van der Waals surface area contributed by atoms with Gasteiger partial charge in [0.15, 0.2) is 11.7 Å². The van der Waals surface area contributed by atoms with Crippen molar-refractivity contribution in [3.63, 3.8) is 0 Å². The number of hydrogen-bond donors (Lipinski definition) is 0. The van der Waals surface area contributed by atoms with E-state index in [4.69, 9.17) is 16.3 Å². The molecular formula is C21H16ClN3O4S. The van der Waals surface area contributed by atoms with Crippen LogP contribution in [0.25, 0.3) is 11.3 Å². The number of aryl methyl sites for hydroxylation is 2. The number of ketones is 1. The number of nitro groups is 1. The van der Waals surface area contributed by atoms with Crippen LogP contribution in [0.4, 0.5) is 5.69 Å². The molecule has 0 saturated carbocycles. The summed E-state index contributed by atoms with van der Waals surface area (Å²) in [5.41, 5.74) is 2.61. The second-order valence-corrected chi connectivity index (χ2v) is 7.83. The number of benzene rings is 2. The van der Waals surface area contributed by atoms with Gasteiger partial charge in [0, 0.05) is 28.1 Å².